The molecule has 1 heteroatoms. The molecule has 1 aliphatic rings. The van der Waals surface area contributed by atoms with Gasteiger partial charge in [-0.25, -0.2) is 0 Å². The summed E-state index contributed by atoms with van der Waals surface area (Å²) >= 11 is 1.85. The van der Waals surface area contributed by atoms with E-state index >= 15 is 0 Å². The second-order valence-electron chi connectivity index (χ2n) is 13.7. The molecule has 0 fully saturated rings. The van der Waals surface area contributed by atoms with E-state index in [2.05, 4.69) is 161 Å². The number of thiophene rings is 1. The maximum Gasteiger partial charge on any atom is 0.0352 e. The molecule has 0 saturated heterocycles. The van der Waals surface area contributed by atoms with E-state index in [1.807, 2.05) is 23.5 Å². The summed E-state index contributed by atoms with van der Waals surface area (Å²) in [5, 5.41) is 11.8. The Kier molecular flexibility index (Phi) is 7.68. The van der Waals surface area contributed by atoms with Gasteiger partial charge >= 0.3 is 0 Å². The summed E-state index contributed by atoms with van der Waals surface area (Å²) in [6.07, 6.45) is 17.3. The first-order chi connectivity index (χ1) is 25.0. The first kappa shape index (κ1) is 31.2. The number of fused-ring (bicyclic) bond motifs is 10. The molecular weight excluding hydrogens is 633 g/mol. The average Bonchev–Trinajstić information content (AvgIpc) is 3.50. The van der Waals surface area contributed by atoms with Crippen LogP contribution in [0, 0.1) is 13.8 Å². The molecule has 8 aromatic rings. The Bertz CT molecular complexity index is 2850. The lowest BCUT2D eigenvalue weighted by Crippen LogP contribution is -1.98. The van der Waals surface area contributed by atoms with Crippen LogP contribution in [0.1, 0.15) is 44.7 Å². The lowest BCUT2D eigenvalue weighted by atomic mass is 9.86. The predicted octanol–water partition coefficient (Wildman–Crippen LogP) is 14.7. The molecule has 0 radical (unpaired) electrons. The molecule has 0 N–H and O–H groups in total. The topological polar surface area (TPSA) is 0 Å². The smallest absolute Gasteiger partial charge is 0.0352 e. The molecule has 0 bridgehead atoms. The molecule has 244 valence electrons. The van der Waals surface area contributed by atoms with Gasteiger partial charge < -0.3 is 0 Å². The summed E-state index contributed by atoms with van der Waals surface area (Å²) in [5.74, 6) is 0. The summed E-state index contributed by atoms with van der Waals surface area (Å²) in [5.41, 5.74) is 11.4. The lowest BCUT2D eigenvalue weighted by Gasteiger charge is -2.18. The molecule has 0 spiro atoms. The molecule has 1 aliphatic carbocycles. The molecule has 0 aliphatic heterocycles. The van der Waals surface area contributed by atoms with Gasteiger partial charge in [-0.2, -0.15) is 0 Å². The van der Waals surface area contributed by atoms with E-state index in [-0.39, 0.29) is 0 Å². The minimum atomic E-state index is 1.03. The molecule has 1 aromatic heterocycles. The van der Waals surface area contributed by atoms with E-state index in [4.69, 9.17) is 0 Å². The Hall–Kier alpha value is -5.76. The minimum absolute atomic E-state index is 1.03. The Morgan fingerprint density at radius 1 is 0.647 bits per heavy atom. The van der Waals surface area contributed by atoms with E-state index in [9.17, 15) is 0 Å². The Morgan fingerprint density at radius 2 is 1.33 bits per heavy atom. The van der Waals surface area contributed by atoms with Crippen LogP contribution >= 0.6 is 11.3 Å². The van der Waals surface area contributed by atoms with Crippen LogP contribution in [0.25, 0.3) is 88.1 Å². The minimum Gasteiger partial charge on any atom is -0.136 e. The van der Waals surface area contributed by atoms with Crippen LogP contribution < -0.4 is 0 Å². The van der Waals surface area contributed by atoms with Crippen LogP contribution in [0.15, 0.2) is 141 Å². The van der Waals surface area contributed by atoms with Gasteiger partial charge in [0.05, 0.1) is 0 Å². The first-order valence-corrected chi connectivity index (χ1v) is 18.6. The highest BCUT2D eigenvalue weighted by molar-refractivity contribution is 7.20. The van der Waals surface area contributed by atoms with Crippen molar-refractivity contribution in [1.82, 2.24) is 0 Å². The van der Waals surface area contributed by atoms with Gasteiger partial charge in [0.2, 0.25) is 0 Å². The molecule has 7 aromatic carbocycles. The van der Waals surface area contributed by atoms with E-state index in [1.165, 1.54) is 103 Å². The first-order valence-electron chi connectivity index (χ1n) is 17.8. The second kappa shape index (κ2) is 12.5. The Morgan fingerprint density at radius 3 is 2.14 bits per heavy atom. The van der Waals surface area contributed by atoms with Gasteiger partial charge in [0.25, 0.3) is 0 Å². The second-order valence-corrected chi connectivity index (χ2v) is 14.8. The maximum absolute atomic E-state index is 4.52. The van der Waals surface area contributed by atoms with Gasteiger partial charge in [0.1, 0.15) is 0 Å². The number of aryl methyl sites for hydroxylation is 3. The molecular formula is C50H38S. The standard InChI is InChI=1S/C50H38S/c1-5-6-13-37-32(3)38-14-7-8-15-39(38)48-30-35(22-25-44(37)48)36-23-27-50-46(29-36)33(4)49(51-50)26-20-31(2)34-21-24-45-42-18-10-9-16-40(42)41-17-11-12-19-43(41)47(45)28-34/h5-10,12-16,18-30H,1-2,11,17H2,3-4H3. The fourth-order valence-corrected chi connectivity index (χ4v) is 9.28. The number of hydrogen-bond donors (Lipinski definition) is 0. The van der Waals surface area contributed by atoms with Crippen LogP contribution in [0.4, 0.5) is 0 Å². The molecule has 0 atom stereocenters. The average molecular weight is 671 g/mol. The van der Waals surface area contributed by atoms with Crippen LogP contribution in [0.3, 0.4) is 0 Å². The molecule has 9 rings (SSSR count). The Balaban J connectivity index is 1.07. The van der Waals surface area contributed by atoms with E-state index in [1.54, 1.807) is 0 Å². The van der Waals surface area contributed by atoms with Gasteiger partial charge in [-0.15, -0.1) is 11.3 Å². The van der Waals surface area contributed by atoms with Crippen molar-refractivity contribution in [3.05, 3.63) is 179 Å². The molecule has 0 amide bonds. The summed E-state index contributed by atoms with van der Waals surface area (Å²) < 4.78 is 1.30. The third kappa shape index (κ3) is 5.20. The van der Waals surface area contributed by atoms with Crippen LogP contribution in [0.2, 0.25) is 0 Å². The third-order valence-electron chi connectivity index (χ3n) is 10.9. The van der Waals surface area contributed by atoms with Crippen LogP contribution in [-0.4, -0.2) is 0 Å². The molecule has 51 heavy (non-hydrogen) atoms. The number of rotatable bonds is 6. The zero-order valence-corrected chi connectivity index (χ0v) is 29.9. The van der Waals surface area contributed by atoms with Crippen molar-refractivity contribution in [3.8, 4) is 11.1 Å². The largest absolute Gasteiger partial charge is 0.136 e. The van der Waals surface area contributed by atoms with Gasteiger partial charge in [-0.05, 0) is 156 Å². The fraction of sp³-hybridized carbons (Fsp3) is 0.0800. The zero-order valence-electron chi connectivity index (χ0n) is 29.1. The zero-order chi connectivity index (χ0) is 34.6. The number of benzene rings is 7. The summed E-state index contributed by atoms with van der Waals surface area (Å²) in [4.78, 5) is 1.27. The van der Waals surface area contributed by atoms with Gasteiger partial charge in [-0.3, -0.25) is 0 Å². The van der Waals surface area contributed by atoms with Crippen molar-refractivity contribution in [2.75, 3.05) is 0 Å². The normalized spacial score (nSPS) is 13.1. The van der Waals surface area contributed by atoms with Crippen LogP contribution in [0.5, 0.6) is 0 Å². The van der Waals surface area contributed by atoms with Crippen molar-refractivity contribution >= 4 is 88.3 Å². The molecule has 0 nitrogen and oxygen atoms in total. The highest BCUT2D eigenvalue weighted by atomic mass is 32.1. The van der Waals surface area contributed by atoms with Gasteiger partial charge in [-0.1, -0.05) is 128 Å². The summed E-state index contributed by atoms with van der Waals surface area (Å²) in [6, 6.07) is 38.4. The highest BCUT2D eigenvalue weighted by Gasteiger charge is 2.16. The monoisotopic (exact) mass is 670 g/mol. The summed E-state index contributed by atoms with van der Waals surface area (Å²) in [7, 11) is 0. The van der Waals surface area contributed by atoms with Crippen molar-refractivity contribution < 1.29 is 0 Å². The molecule has 0 unspecified atom stereocenters. The van der Waals surface area contributed by atoms with Gasteiger partial charge in [0, 0.05) is 9.58 Å². The van der Waals surface area contributed by atoms with Crippen molar-refractivity contribution in [2.24, 2.45) is 0 Å². The van der Waals surface area contributed by atoms with E-state index in [0.29, 0.717) is 0 Å². The predicted molar refractivity (Wildman–Crippen MR) is 228 cm³/mol. The SMILES string of the molecule is C=CC=Cc1c(C)c2ccccc2c2cc(-c3ccc4sc(C=CC(=C)c5ccc6c(c5)c5c(c7ccccc76)CCC=C5)c(C)c4c3)ccc12. The van der Waals surface area contributed by atoms with Crippen LogP contribution in [-0.2, 0) is 6.42 Å². The quantitative estimate of drug-likeness (QED) is 0.122. The number of hydrogen-bond acceptors (Lipinski definition) is 1. The third-order valence-corrected chi connectivity index (χ3v) is 12.1. The maximum atomic E-state index is 4.52. The van der Waals surface area contributed by atoms with E-state index in [0.717, 1.165) is 18.4 Å². The van der Waals surface area contributed by atoms with Crippen molar-refractivity contribution in [2.45, 2.75) is 26.7 Å². The van der Waals surface area contributed by atoms with Crippen molar-refractivity contribution in [1.29, 1.82) is 0 Å². The molecule has 0 saturated carbocycles. The Labute approximate surface area is 303 Å². The van der Waals surface area contributed by atoms with Gasteiger partial charge in [0.15, 0.2) is 0 Å². The highest BCUT2D eigenvalue weighted by Crippen LogP contribution is 2.40. The lowest BCUT2D eigenvalue weighted by molar-refractivity contribution is 1.00. The number of allylic oxidation sites excluding steroid dienone is 5. The summed E-state index contributed by atoms with van der Waals surface area (Å²) in [6.45, 7) is 12.9. The fourth-order valence-electron chi connectivity index (χ4n) is 8.18. The van der Waals surface area contributed by atoms with E-state index < -0.39 is 0 Å². The van der Waals surface area contributed by atoms with Crippen molar-refractivity contribution in [3.63, 3.8) is 0 Å². The molecule has 1 heterocycles.